The van der Waals surface area contributed by atoms with Crippen LogP contribution in [0.15, 0.2) is 0 Å². The lowest BCUT2D eigenvalue weighted by atomic mass is 10.7. The van der Waals surface area contributed by atoms with Crippen LogP contribution in [0.25, 0.3) is 0 Å². The van der Waals surface area contributed by atoms with Crippen LogP contribution in [0, 0.1) is 0 Å². The molecule has 0 aromatic carbocycles. The Labute approximate surface area is 78.9 Å². The molecule has 0 radical (unpaired) electrons. The van der Waals surface area contributed by atoms with Crippen LogP contribution < -0.4 is 10.6 Å². The molecule has 0 spiro atoms. The first kappa shape index (κ1) is 14.4. The molecule has 0 bridgehead atoms. The zero-order valence-electron chi connectivity index (χ0n) is 7.10. The molecule has 0 saturated carbocycles. The summed E-state index contributed by atoms with van der Waals surface area (Å²) in [6.07, 6.45) is 0.683. The minimum absolute atomic E-state index is 0.302. The van der Waals surface area contributed by atoms with Gasteiger partial charge in [-0.1, -0.05) is 0 Å². The van der Waals surface area contributed by atoms with Crippen LogP contribution in [0.4, 0.5) is 0 Å². The maximum absolute atomic E-state index is 9.54. The van der Waals surface area contributed by atoms with E-state index in [0.717, 1.165) is 0 Å². The molecule has 8 nitrogen and oxygen atoms in total. The molecule has 4 N–H and O–H groups in total. The Kier molecular flexibility index (Phi) is 11.2. The Bertz CT molecular complexity index is 182. The van der Waals surface area contributed by atoms with Crippen molar-refractivity contribution in [1.82, 2.24) is 10.6 Å². The Morgan fingerprint density at radius 2 is 1.21 bits per heavy atom. The fourth-order valence-electron chi connectivity index (χ4n) is 0.258. The molecule has 2 amide bonds. The van der Waals surface area contributed by atoms with Gasteiger partial charge in [-0.05, 0) is 0 Å². The van der Waals surface area contributed by atoms with Gasteiger partial charge in [-0.25, -0.2) is 0 Å². The van der Waals surface area contributed by atoms with Gasteiger partial charge in [0.2, 0.25) is 12.8 Å². The van der Waals surface area contributed by atoms with Crippen LogP contribution in [0.5, 0.6) is 0 Å². The molecule has 0 heterocycles. The summed E-state index contributed by atoms with van der Waals surface area (Å²) in [5.41, 5.74) is 0. The van der Waals surface area contributed by atoms with Crippen molar-refractivity contribution in [3.05, 3.63) is 0 Å². The van der Waals surface area contributed by atoms with Gasteiger partial charge in [-0.15, -0.1) is 0 Å². The van der Waals surface area contributed by atoms with Crippen LogP contribution >= 0.6 is 0 Å². The lowest BCUT2D eigenvalue weighted by molar-refractivity contribution is -0.137. The number of rotatable bonds is 6. The number of amides is 2. The first-order chi connectivity index (χ1) is 6.54. The van der Waals surface area contributed by atoms with E-state index in [9.17, 15) is 19.2 Å². The minimum atomic E-state index is -1.04. The summed E-state index contributed by atoms with van der Waals surface area (Å²) in [4.78, 5) is 37.7. The van der Waals surface area contributed by atoms with Crippen molar-refractivity contribution in [3.63, 3.8) is 0 Å². The highest BCUT2D eigenvalue weighted by Crippen LogP contribution is 1.52. The van der Waals surface area contributed by atoms with Gasteiger partial charge < -0.3 is 20.8 Å². The van der Waals surface area contributed by atoms with E-state index >= 15 is 0 Å². The van der Waals surface area contributed by atoms with E-state index in [1.807, 2.05) is 10.6 Å². The Morgan fingerprint density at radius 1 is 0.929 bits per heavy atom. The molecule has 0 aliphatic heterocycles. The molecule has 0 aromatic rings. The number of carboxylic acids is 2. The number of nitrogens with one attached hydrogen (secondary N) is 2. The minimum Gasteiger partial charge on any atom is -0.480 e. The summed E-state index contributed by atoms with van der Waals surface area (Å²) in [5, 5.41) is 19.6. The third-order valence-electron chi connectivity index (χ3n) is 0.673. The maximum Gasteiger partial charge on any atom is 0.322 e. The summed E-state index contributed by atoms with van der Waals surface area (Å²) >= 11 is 0. The van der Waals surface area contributed by atoms with E-state index in [1.165, 1.54) is 0 Å². The molecule has 0 aromatic heterocycles. The molecule has 14 heavy (non-hydrogen) atoms. The van der Waals surface area contributed by atoms with Crippen molar-refractivity contribution in [2.75, 3.05) is 13.1 Å². The van der Waals surface area contributed by atoms with E-state index < -0.39 is 11.9 Å². The molecule has 0 rings (SSSR count). The van der Waals surface area contributed by atoms with Gasteiger partial charge in [-0.3, -0.25) is 19.2 Å². The number of hydrogen-bond acceptors (Lipinski definition) is 4. The maximum atomic E-state index is 9.54. The Morgan fingerprint density at radius 3 is 1.29 bits per heavy atom. The van der Waals surface area contributed by atoms with Crippen molar-refractivity contribution in [2.45, 2.75) is 0 Å². The number of aliphatic carboxylic acids is 2. The van der Waals surface area contributed by atoms with E-state index in [2.05, 4.69) is 0 Å². The van der Waals surface area contributed by atoms with Gasteiger partial charge in [0, 0.05) is 0 Å². The zero-order chi connectivity index (χ0) is 11.4. The Balaban J connectivity index is 0. The molecule has 0 fully saturated rings. The molecule has 0 atom stereocenters. The van der Waals surface area contributed by atoms with Gasteiger partial charge in [-0.2, -0.15) is 0 Å². The summed E-state index contributed by atoms with van der Waals surface area (Å²) in [6, 6.07) is 0. The average Bonchev–Trinajstić information content (AvgIpc) is 2.12. The predicted molar refractivity (Wildman–Crippen MR) is 43.4 cm³/mol. The average molecular weight is 206 g/mol. The van der Waals surface area contributed by atoms with Gasteiger partial charge >= 0.3 is 11.9 Å². The van der Waals surface area contributed by atoms with Crippen molar-refractivity contribution >= 4 is 24.8 Å². The first-order valence-corrected chi connectivity index (χ1v) is 3.32. The van der Waals surface area contributed by atoms with Gasteiger partial charge in [0.25, 0.3) is 0 Å². The first-order valence-electron chi connectivity index (χ1n) is 3.32. The zero-order valence-corrected chi connectivity index (χ0v) is 7.10. The molecule has 8 heteroatoms. The highest BCUT2D eigenvalue weighted by atomic mass is 16.4. The van der Waals surface area contributed by atoms with E-state index in [4.69, 9.17) is 10.2 Å². The standard InChI is InChI=1S/2C3H5NO3/c2*5-2-4-1-3(6)7/h2*2H,1H2,(H,4,5)(H,6,7). The van der Waals surface area contributed by atoms with Gasteiger partial charge in [0.15, 0.2) is 0 Å². The van der Waals surface area contributed by atoms with Crippen molar-refractivity contribution < 1.29 is 29.4 Å². The second-order valence-corrected chi connectivity index (χ2v) is 1.78. The summed E-state index contributed by atoms with van der Waals surface area (Å²) in [5.74, 6) is -2.07. The number of carbonyl (C=O) groups excluding carboxylic acids is 2. The quantitative estimate of drug-likeness (QED) is 0.359. The van der Waals surface area contributed by atoms with Gasteiger partial charge in [0.1, 0.15) is 13.1 Å². The molecule has 0 unspecified atom stereocenters. The van der Waals surface area contributed by atoms with E-state index in [0.29, 0.717) is 12.8 Å². The van der Waals surface area contributed by atoms with Crippen molar-refractivity contribution in [2.24, 2.45) is 0 Å². The molecular formula is C6H10N2O6. The largest absolute Gasteiger partial charge is 0.480 e. The third-order valence-corrected chi connectivity index (χ3v) is 0.673. The lowest BCUT2D eigenvalue weighted by Gasteiger charge is -1.85. The van der Waals surface area contributed by atoms with Gasteiger partial charge in [0.05, 0.1) is 0 Å². The van der Waals surface area contributed by atoms with Crippen LogP contribution in [-0.2, 0) is 19.2 Å². The number of carboxylic acid groups (broad SMARTS) is 2. The van der Waals surface area contributed by atoms with Crippen LogP contribution in [-0.4, -0.2) is 48.1 Å². The van der Waals surface area contributed by atoms with E-state index in [-0.39, 0.29) is 13.1 Å². The topological polar surface area (TPSA) is 133 Å². The lowest BCUT2D eigenvalue weighted by Crippen LogP contribution is -2.20. The third kappa shape index (κ3) is 22.5. The fourth-order valence-corrected chi connectivity index (χ4v) is 0.258. The SMILES string of the molecule is O=CNCC(=O)O.O=CNCC(=O)O. The highest BCUT2D eigenvalue weighted by molar-refractivity contribution is 5.72. The second kappa shape index (κ2) is 10.9. The smallest absolute Gasteiger partial charge is 0.322 e. The summed E-state index contributed by atoms with van der Waals surface area (Å²) < 4.78 is 0. The monoisotopic (exact) mass is 206 g/mol. The van der Waals surface area contributed by atoms with Crippen LogP contribution in [0.3, 0.4) is 0 Å². The highest BCUT2D eigenvalue weighted by Gasteiger charge is 1.89. The fraction of sp³-hybridized carbons (Fsp3) is 0.333. The number of hydrogen-bond donors (Lipinski definition) is 4. The molecule has 0 saturated heterocycles. The van der Waals surface area contributed by atoms with Crippen LogP contribution in [0.1, 0.15) is 0 Å². The predicted octanol–water partition coefficient (Wildman–Crippen LogP) is -2.37. The number of carbonyl (C=O) groups is 4. The molecule has 0 aliphatic carbocycles. The van der Waals surface area contributed by atoms with Crippen molar-refractivity contribution in [3.8, 4) is 0 Å². The summed E-state index contributed by atoms with van der Waals surface area (Å²) in [6.45, 7) is -0.604. The van der Waals surface area contributed by atoms with Crippen LogP contribution in [0.2, 0.25) is 0 Å². The normalized spacial score (nSPS) is 7.43. The molecule has 80 valence electrons. The molecule has 0 aliphatic rings. The Hall–Kier alpha value is -2.12. The van der Waals surface area contributed by atoms with Crippen molar-refractivity contribution in [1.29, 1.82) is 0 Å². The summed E-state index contributed by atoms with van der Waals surface area (Å²) in [7, 11) is 0. The second-order valence-electron chi connectivity index (χ2n) is 1.78. The van der Waals surface area contributed by atoms with E-state index in [1.54, 1.807) is 0 Å². The molecular weight excluding hydrogens is 196 g/mol.